The molecule has 3 rings (SSSR count). The molecule has 1 aromatic heterocycles. The van der Waals surface area contributed by atoms with Gasteiger partial charge in [-0.05, 0) is 18.8 Å². The van der Waals surface area contributed by atoms with Crippen LogP contribution in [-0.2, 0) is 4.79 Å². The second-order valence-electron chi connectivity index (χ2n) is 6.11. The summed E-state index contributed by atoms with van der Waals surface area (Å²) in [6.45, 7) is 5.16. The zero-order valence-corrected chi connectivity index (χ0v) is 12.3. The van der Waals surface area contributed by atoms with Crippen molar-refractivity contribution < 1.29 is 9.59 Å². The lowest BCUT2D eigenvalue weighted by Gasteiger charge is -2.35. The van der Waals surface area contributed by atoms with E-state index in [-0.39, 0.29) is 35.4 Å². The quantitative estimate of drug-likeness (QED) is 0.736. The number of likely N-dealkylation sites (tertiary alicyclic amines) is 1. The topological polar surface area (TPSA) is 104 Å². The first kappa shape index (κ1) is 13.9. The molecule has 2 aliphatic rings. The highest BCUT2D eigenvalue weighted by Gasteiger charge is 2.43. The van der Waals surface area contributed by atoms with Gasteiger partial charge in [0.1, 0.15) is 0 Å². The Balaban J connectivity index is 1.86. The molecule has 0 bridgehead atoms. The molecule has 2 amide bonds. The van der Waals surface area contributed by atoms with Crippen molar-refractivity contribution in [3.05, 3.63) is 11.4 Å². The van der Waals surface area contributed by atoms with E-state index in [0.29, 0.717) is 18.8 Å². The van der Waals surface area contributed by atoms with Gasteiger partial charge in [0.15, 0.2) is 5.69 Å². The van der Waals surface area contributed by atoms with Crippen LogP contribution in [0.1, 0.15) is 48.8 Å². The van der Waals surface area contributed by atoms with Crippen LogP contribution >= 0.6 is 0 Å². The monoisotopic (exact) mass is 291 g/mol. The zero-order chi connectivity index (χ0) is 15.1. The number of hydrogen-bond donors (Lipinski definition) is 3. The molecule has 1 aromatic rings. The summed E-state index contributed by atoms with van der Waals surface area (Å²) in [6, 6.07) is -0.0719. The van der Waals surface area contributed by atoms with Gasteiger partial charge in [-0.15, -0.1) is 0 Å². The molecule has 2 unspecified atom stereocenters. The molecule has 21 heavy (non-hydrogen) atoms. The van der Waals surface area contributed by atoms with Crippen LogP contribution in [0.5, 0.6) is 0 Å². The molecule has 7 heteroatoms. The molecular formula is C14H21N5O2. The van der Waals surface area contributed by atoms with Gasteiger partial charge >= 0.3 is 0 Å². The number of aromatic amines is 1. The SMILES string of the molecule is CC(C)c1[nH]nc(C(=O)N2CCCC3C(=O)NCC32)c1N. The maximum Gasteiger partial charge on any atom is 0.276 e. The summed E-state index contributed by atoms with van der Waals surface area (Å²) in [5.41, 5.74) is 7.54. The first-order valence-electron chi connectivity index (χ1n) is 7.43. The third kappa shape index (κ3) is 2.16. The van der Waals surface area contributed by atoms with Crippen LogP contribution in [0.4, 0.5) is 5.69 Å². The fourth-order valence-corrected chi connectivity index (χ4v) is 3.31. The molecule has 2 fully saturated rings. The summed E-state index contributed by atoms with van der Waals surface area (Å²) in [4.78, 5) is 26.3. The number of fused-ring (bicyclic) bond motifs is 1. The minimum atomic E-state index is -0.179. The molecule has 2 aliphatic heterocycles. The van der Waals surface area contributed by atoms with Crippen molar-refractivity contribution >= 4 is 17.5 Å². The molecule has 4 N–H and O–H groups in total. The maximum atomic E-state index is 12.7. The molecule has 0 aliphatic carbocycles. The van der Waals surface area contributed by atoms with Crippen LogP contribution in [0.2, 0.25) is 0 Å². The summed E-state index contributed by atoms with van der Waals surface area (Å²) in [5.74, 6) is -0.0347. The van der Waals surface area contributed by atoms with Gasteiger partial charge < -0.3 is 16.0 Å². The number of nitrogen functional groups attached to an aromatic ring is 1. The Morgan fingerprint density at radius 3 is 2.90 bits per heavy atom. The number of H-pyrrole nitrogens is 1. The van der Waals surface area contributed by atoms with Gasteiger partial charge in [-0.3, -0.25) is 14.7 Å². The lowest BCUT2D eigenvalue weighted by molar-refractivity contribution is -0.123. The van der Waals surface area contributed by atoms with Gasteiger partial charge in [0.05, 0.1) is 23.3 Å². The van der Waals surface area contributed by atoms with Crippen LogP contribution in [0.25, 0.3) is 0 Å². The van der Waals surface area contributed by atoms with E-state index in [1.54, 1.807) is 4.90 Å². The number of piperidine rings is 1. The number of nitrogens with one attached hydrogen (secondary N) is 2. The van der Waals surface area contributed by atoms with E-state index in [1.807, 2.05) is 13.8 Å². The molecule has 0 spiro atoms. The first-order chi connectivity index (χ1) is 10.0. The molecule has 0 saturated carbocycles. The number of carbonyl (C=O) groups is 2. The highest BCUT2D eigenvalue weighted by molar-refractivity contribution is 5.98. The van der Waals surface area contributed by atoms with Crippen molar-refractivity contribution in [1.82, 2.24) is 20.4 Å². The largest absolute Gasteiger partial charge is 0.395 e. The minimum absolute atomic E-state index is 0.0513. The van der Waals surface area contributed by atoms with Crippen LogP contribution in [0, 0.1) is 5.92 Å². The Morgan fingerprint density at radius 2 is 2.24 bits per heavy atom. The average Bonchev–Trinajstić information content (AvgIpc) is 3.02. The molecule has 0 radical (unpaired) electrons. The summed E-state index contributed by atoms with van der Waals surface area (Å²) >= 11 is 0. The second kappa shape index (κ2) is 5.05. The van der Waals surface area contributed by atoms with Crippen LogP contribution in [0.3, 0.4) is 0 Å². The van der Waals surface area contributed by atoms with Crippen molar-refractivity contribution in [2.75, 3.05) is 18.8 Å². The van der Waals surface area contributed by atoms with E-state index in [1.165, 1.54) is 0 Å². The van der Waals surface area contributed by atoms with Crippen LogP contribution in [-0.4, -0.2) is 46.0 Å². The summed E-state index contributed by atoms with van der Waals surface area (Å²) < 4.78 is 0. The standard InChI is InChI=1S/C14H21N5O2/c1-7(2)11-10(15)12(18-17-11)14(21)19-5-3-4-8-9(19)6-16-13(8)20/h7-9H,3-6,15H2,1-2H3,(H,16,20)(H,17,18). The number of rotatable bonds is 2. The first-order valence-corrected chi connectivity index (χ1v) is 7.43. The summed E-state index contributed by atoms with van der Waals surface area (Å²) in [5, 5.41) is 9.80. The second-order valence-corrected chi connectivity index (χ2v) is 6.11. The third-order valence-electron chi connectivity index (χ3n) is 4.48. The highest BCUT2D eigenvalue weighted by Crippen LogP contribution is 2.30. The molecule has 0 aromatic carbocycles. The Kier molecular flexibility index (Phi) is 3.35. The highest BCUT2D eigenvalue weighted by atomic mass is 16.2. The van der Waals surface area contributed by atoms with Gasteiger partial charge in [-0.25, -0.2) is 0 Å². The van der Waals surface area contributed by atoms with Gasteiger partial charge in [-0.2, -0.15) is 5.10 Å². The number of aromatic nitrogens is 2. The maximum absolute atomic E-state index is 12.7. The van der Waals surface area contributed by atoms with E-state index in [2.05, 4.69) is 15.5 Å². The van der Waals surface area contributed by atoms with Gasteiger partial charge in [-0.1, -0.05) is 13.8 Å². The Hall–Kier alpha value is -2.05. The van der Waals surface area contributed by atoms with E-state index in [4.69, 9.17) is 5.73 Å². The van der Waals surface area contributed by atoms with E-state index >= 15 is 0 Å². The fraction of sp³-hybridized carbons (Fsp3) is 0.643. The minimum Gasteiger partial charge on any atom is -0.395 e. The summed E-state index contributed by atoms with van der Waals surface area (Å²) in [7, 11) is 0. The van der Waals surface area contributed by atoms with Crippen molar-refractivity contribution in [1.29, 1.82) is 0 Å². The van der Waals surface area contributed by atoms with Gasteiger partial charge in [0.2, 0.25) is 5.91 Å². The van der Waals surface area contributed by atoms with E-state index in [9.17, 15) is 9.59 Å². The predicted molar refractivity (Wildman–Crippen MR) is 77.6 cm³/mol. The normalized spacial score (nSPS) is 25.1. The van der Waals surface area contributed by atoms with Crippen molar-refractivity contribution in [2.24, 2.45) is 5.92 Å². The molecule has 7 nitrogen and oxygen atoms in total. The van der Waals surface area contributed by atoms with Crippen LogP contribution in [0.15, 0.2) is 0 Å². The number of hydrogen-bond acceptors (Lipinski definition) is 4. The average molecular weight is 291 g/mol. The lowest BCUT2D eigenvalue weighted by Crippen LogP contribution is -2.49. The van der Waals surface area contributed by atoms with Gasteiger partial charge in [0.25, 0.3) is 5.91 Å². The van der Waals surface area contributed by atoms with E-state index in [0.717, 1.165) is 18.5 Å². The third-order valence-corrected chi connectivity index (χ3v) is 4.48. The number of nitrogens with two attached hydrogens (primary N) is 1. The van der Waals surface area contributed by atoms with Crippen LogP contribution < -0.4 is 11.1 Å². The van der Waals surface area contributed by atoms with Crippen molar-refractivity contribution in [3.63, 3.8) is 0 Å². The Labute approximate surface area is 123 Å². The zero-order valence-electron chi connectivity index (χ0n) is 12.3. The Morgan fingerprint density at radius 1 is 1.48 bits per heavy atom. The van der Waals surface area contributed by atoms with Gasteiger partial charge in [0, 0.05) is 13.1 Å². The number of carbonyl (C=O) groups excluding carboxylic acids is 2. The lowest BCUT2D eigenvalue weighted by atomic mass is 9.91. The van der Waals surface area contributed by atoms with Crippen molar-refractivity contribution in [3.8, 4) is 0 Å². The number of nitrogens with zero attached hydrogens (tertiary/aromatic N) is 2. The molecule has 114 valence electrons. The number of anilines is 1. The molecular weight excluding hydrogens is 270 g/mol. The molecule has 2 atom stereocenters. The summed E-state index contributed by atoms with van der Waals surface area (Å²) in [6.07, 6.45) is 1.68. The predicted octanol–water partition coefficient (Wildman–Crippen LogP) is 0.466. The number of amides is 2. The smallest absolute Gasteiger partial charge is 0.276 e. The molecule has 2 saturated heterocycles. The fourth-order valence-electron chi connectivity index (χ4n) is 3.31. The Bertz CT molecular complexity index is 580. The van der Waals surface area contributed by atoms with Crippen molar-refractivity contribution in [2.45, 2.75) is 38.6 Å². The molecule has 3 heterocycles. The van der Waals surface area contributed by atoms with E-state index < -0.39 is 0 Å².